The molecule has 17 heavy (non-hydrogen) atoms. The van der Waals surface area contributed by atoms with Gasteiger partial charge in [0.1, 0.15) is 0 Å². The number of aromatic nitrogens is 1. The molecule has 1 heterocycles. The van der Waals surface area contributed by atoms with Crippen molar-refractivity contribution in [3.63, 3.8) is 0 Å². The highest BCUT2D eigenvalue weighted by atomic mass is 16.4. The van der Waals surface area contributed by atoms with Crippen molar-refractivity contribution in [1.82, 2.24) is 9.88 Å². The highest BCUT2D eigenvalue weighted by Crippen LogP contribution is 1.97. The van der Waals surface area contributed by atoms with Crippen LogP contribution in [0.25, 0.3) is 0 Å². The Morgan fingerprint density at radius 2 is 2.18 bits per heavy atom. The van der Waals surface area contributed by atoms with Gasteiger partial charge >= 0.3 is 5.97 Å². The second-order valence-electron chi connectivity index (χ2n) is 3.50. The van der Waals surface area contributed by atoms with E-state index in [2.05, 4.69) is 4.98 Å². The summed E-state index contributed by atoms with van der Waals surface area (Å²) in [6.45, 7) is 0.500. The van der Waals surface area contributed by atoms with E-state index in [0.717, 1.165) is 17.8 Å². The van der Waals surface area contributed by atoms with E-state index in [1.165, 1.54) is 4.90 Å². The molecular formula is C12H14N2O3. The lowest BCUT2D eigenvalue weighted by molar-refractivity contribution is -0.132. The van der Waals surface area contributed by atoms with Crippen LogP contribution in [0.5, 0.6) is 0 Å². The topological polar surface area (TPSA) is 70.5 Å². The molecule has 0 atom stereocenters. The van der Waals surface area contributed by atoms with Gasteiger partial charge in [-0.1, -0.05) is 6.07 Å². The lowest BCUT2D eigenvalue weighted by atomic mass is 10.2. The molecule has 0 spiro atoms. The molecule has 0 saturated heterocycles. The van der Waals surface area contributed by atoms with Crippen LogP contribution in [0.15, 0.2) is 36.5 Å². The van der Waals surface area contributed by atoms with E-state index >= 15 is 0 Å². The van der Waals surface area contributed by atoms with Crippen LogP contribution < -0.4 is 0 Å². The van der Waals surface area contributed by atoms with Gasteiger partial charge in [-0.2, -0.15) is 0 Å². The molecule has 1 rings (SSSR count). The molecule has 1 N–H and O–H groups in total. The lowest BCUT2D eigenvalue weighted by Gasteiger charge is -2.14. The maximum absolute atomic E-state index is 11.4. The third-order valence-corrected chi connectivity index (χ3v) is 2.17. The predicted molar refractivity (Wildman–Crippen MR) is 62.4 cm³/mol. The Bertz CT molecular complexity index is 415. The van der Waals surface area contributed by atoms with Crippen molar-refractivity contribution in [2.75, 3.05) is 13.6 Å². The van der Waals surface area contributed by atoms with Crippen molar-refractivity contribution in [1.29, 1.82) is 0 Å². The van der Waals surface area contributed by atoms with E-state index in [0.29, 0.717) is 13.0 Å². The quantitative estimate of drug-likeness (QED) is 0.762. The summed E-state index contributed by atoms with van der Waals surface area (Å²) in [5.74, 6) is -1.46. The van der Waals surface area contributed by atoms with E-state index in [1.807, 2.05) is 18.2 Å². The molecule has 0 saturated carbocycles. The van der Waals surface area contributed by atoms with E-state index in [4.69, 9.17) is 5.11 Å². The van der Waals surface area contributed by atoms with Gasteiger partial charge in [-0.25, -0.2) is 4.79 Å². The average Bonchev–Trinajstić information content (AvgIpc) is 2.34. The SMILES string of the molecule is CN(CCc1ccccn1)C(=O)/C=C/C(=O)O. The Labute approximate surface area is 99.4 Å². The minimum absolute atomic E-state index is 0.330. The molecule has 1 aromatic heterocycles. The zero-order valence-electron chi connectivity index (χ0n) is 9.54. The van der Waals surface area contributed by atoms with Crippen molar-refractivity contribution in [2.45, 2.75) is 6.42 Å². The van der Waals surface area contributed by atoms with Crippen LogP contribution in [0.3, 0.4) is 0 Å². The van der Waals surface area contributed by atoms with Gasteiger partial charge in [-0.3, -0.25) is 9.78 Å². The van der Waals surface area contributed by atoms with Gasteiger partial charge in [0, 0.05) is 44.1 Å². The first kappa shape index (κ1) is 12.9. The number of amides is 1. The first-order valence-electron chi connectivity index (χ1n) is 5.15. The molecule has 90 valence electrons. The molecule has 0 aromatic carbocycles. The van der Waals surface area contributed by atoms with Crippen LogP contribution >= 0.6 is 0 Å². The summed E-state index contributed by atoms with van der Waals surface area (Å²) in [5.41, 5.74) is 0.898. The van der Waals surface area contributed by atoms with Gasteiger partial charge in [0.15, 0.2) is 0 Å². The Morgan fingerprint density at radius 1 is 1.41 bits per heavy atom. The molecular weight excluding hydrogens is 220 g/mol. The van der Waals surface area contributed by atoms with Crippen LogP contribution in [0.2, 0.25) is 0 Å². The smallest absolute Gasteiger partial charge is 0.328 e. The molecule has 0 fully saturated rings. The number of pyridine rings is 1. The molecule has 0 aliphatic heterocycles. The number of carbonyl (C=O) groups excluding carboxylic acids is 1. The molecule has 0 radical (unpaired) electrons. The zero-order chi connectivity index (χ0) is 12.7. The average molecular weight is 234 g/mol. The van der Waals surface area contributed by atoms with E-state index in [1.54, 1.807) is 13.2 Å². The number of carboxylic acids is 1. The summed E-state index contributed by atoms with van der Waals surface area (Å²) in [4.78, 5) is 27.2. The van der Waals surface area contributed by atoms with Crippen molar-refractivity contribution in [2.24, 2.45) is 0 Å². The number of carbonyl (C=O) groups is 2. The molecule has 5 heteroatoms. The fraction of sp³-hybridized carbons (Fsp3) is 0.250. The monoisotopic (exact) mass is 234 g/mol. The van der Waals surface area contributed by atoms with Gasteiger partial charge < -0.3 is 10.0 Å². The van der Waals surface area contributed by atoms with Crippen LogP contribution in [0, 0.1) is 0 Å². The second-order valence-corrected chi connectivity index (χ2v) is 3.50. The van der Waals surface area contributed by atoms with Crippen molar-refractivity contribution in [3.8, 4) is 0 Å². The van der Waals surface area contributed by atoms with Gasteiger partial charge in [0.25, 0.3) is 0 Å². The lowest BCUT2D eigenvalue weighted by Crippen LogP contribution is -2.27. The highest BCUT2D eigenvalue weighted by molar-refractivity contribution is 5.93. The first-order valence-corrected chi connectivity index (χ1v) is 5.15. The third kappa shape index (κ3) is 4.92. The van der Waals surface area contributed by atoms with Crippen LogP contribution in [-0.4, -0.2) is 40.5 Å². The number of likely N-dealkylation sites (N-methyl/N-ethyl adjacent to an activating group) is 1. The normalized spacial score (nSPS) is 10.4. The summed E-state index contributed by atoms with van der Waals surface area (Å²) in [5, 5.41) is 8.38. The molecule has 0 unspecified atom stereocenters. The largest absolute Gasteiger partial charge is 0.478 e. The van der Waals surface area contributed by atoms with Gasteiger partial charge in [0.05, 0.1) is 0 Å². The van der Waals surface area contributed by atoms with Gasteiger partial charge in [-0.15, -0.1) is 0 Å². The minimum Gasteiger partial charge on any atom is -0.478 e. The Morgan fingerprint density at radius 3 is 2.76 bits per heavy atom. The number of hydrogen-bond acceptors (Lipinski definition) is 3. The number of nitrogens with zero attached hydrogens (tertiary/aromatic N) is 2. The van der Waals surface area contributed by atoms with Crippen LogP contribution in [0.1, 0.15) is 5.69 Å². The predicted octanol–water partition coefficient (Wildman–Crippen LogP) is 0.723. The third-order valence-electron chi connectivity index (χ3n) is 2.17. The highest BCUT2D eigenvalue weighted by Gasteiger charge is 2.05. The summed E-state index contributed by atoms with van der Waals surface area (Å²) < 4.78 is 0. The second kappa shape index (κ2) is 6.42. The number of carboxylic acid groups (broad SMARTS) is 1. The fourth-order valence-corrected chi connectivity index (χ4v) is 1.21. The zero-order valence-corrected chi connectivity index (χ0v) is 9.54. The van der Waals surface area contributed by atoms with Crippen molar-refractivity contribution in [3.05, 3.63) is 42.2 Å². The van der Waals surface area contributed by atoms with Gasteiger partial charge in [0.2, 0.25) is 5.91 Å². The Hall–Kier alpha value is -2.17. The molecule has 1 aromatic rings. The van der Waals surface area contributed by atoms with Crippen LogP contribution in [0.4, 0.5) is 0 Å². The molecule has 0 aliphatic carbocycles. The summed E-state index contributed by atoms with van der Waals surface area (Å²) in [7, 11) is 1.62. The maximum Gasteiger partial charge on any atom is 0.328 e. The summed E-state index contributed by atoms with van der Waals surface area (Å²) >= 11 is 0. The van der Waals surface area contributed by atoms with Crippen molar-refractivity contribution >= 4 is 11.9 Å². The standard InChI is InChI=1S/C12H14N2O3/c1-14(11(15)5-6-12(16)17)9-7-10-4-2-3-8-13-10/h2-6,8H,7,9H2,1H3,(H,16,17)/b6-5+. The number of aliphatic carboxylic acids is 1. The number of hydrogen-bond donors (Lipinski definition) is 1. The maximum atomic E-state index is 11.4. The molecule has 0 aliphatic rings. The minimum atomic E-state index is -1.13. The van der Waals surface area contributed by atoms with Gasteiger partial charge in [-0.05, 0) is 12.1 Å². The van der Waals surface area contributed by atoms with Crippen LogP contribution in [-0.2, 0) is 16.0 Å². The summed E-state index contributed by atoms with van der Waals surface area (Å²) in [6.07, 6.45) is 4.21. The van der Waals surface area contributed by atoms with Crippen molar-refractivity contribution < 1.29 is 14.7 Å². The molecule has 5 nitrogen and oxygen atoms in total. The molecule has 0 bridgehead atoms. The van der Waals surface area contributed by atoms with E-state index in [-0.39, 0.29) is 5.91 Å². The van der Waals surface area contributed by atoms with E-state index in [9.17, 15) is 9.59 Å². The first-order chi connectivity index (χ1) is 8.09. The Balaban J connectivity index is 2.42. The fourth-order valence-electron chi connectivity index (χ4n) is 1.21. The molecule has 1 amide bonds. The number of rotatable bonds is 5. The Kier molecular flexibility index (Phi) is 4.87. The summed E-state index contributed by atoms with van der Waals surface area (Å²) in [6, 6.07) is 5.59. The van der Waals surface area contributed by atoms with E-state index < -0.39 is 5.97 Å².